The molecule has 0 N–H and O–H groups in total. The van der Waals surface area contributed by atoms with E-state index in [9.17, 15) is 9.50 Å². The summed E-state index contributed by atoms with van der Waals surface area (Å²) in [6.45, 7) is 0. The van der Waals surface area contributed by atoms with E-state index in [1.165, 1.54) is 22.9 Å². The molecule has 0 aliphatic carbocycles. The van der Waals surface area contributed by atoms with Gasteiger partial charge in [0.1, 0.15) is 5.82 Å². The van der Waals surface area contributed by atoms with E-state index in [1.54, 1.807) is 36.7 Å². The van der Waals surface area contributed by atoms with Crippen LogP contribution in [0, 0.1) is 5.82 Å². The van der Waals surface area contributed by atoms with Crippen molar-refractivity contribution in [2.75, 3.05) is 0 Å². The maximum absolute atomic E-state index is 13.3. The van der Waals surface area contributed by atoms with Crippen molar-refractivity contribution in [3.05, 3.63) is 66.2 Å². The van der Waals surface area contributed by atoms with Gasteiger partial charge in [-0.3, -0.25) is 0 Å². The average Bonchev–Trinajstić information content (AvgIpc) is 2.31. The fourth-order valence-electron chi connectivity index (χ4n) is 1.25. The molecule has 2 aromatic rings. The van der Waals surface area contributed by atoms with Gasteiger partial charge in [-0.25, -0.2) is 4.39 Å². The van der Waals surface area contributed by atoms with Crippen molar-refractivity contribution in [1.82, 2.24) is 0 Å². The molecule has 0 saturated carbocycles. The number of halogens is 1. The second-order valence-electron chi connectivity index (χ2n) is 3.14. The summed E-state index contributed by atoms with van der Waals surface area (Å²) < 4.78 is 14.6. The molecule has 2 rings (SSSR count). The molecule has 16 heavy (non-hydrogen) atoms. The van der Waals surface area contributed by atoms with Crippen molar-refractivity contribution in [2.24, 2.45) is 5.10 Å². The van der Waals surface area contributed by atoms with E-state index in [4.69, 9.17) is 0 Å². The number of nitrogens with zero attached hydrogens (tertiary/aromatic N) is 2. The second-order valence-corrected chi connectivity index (χ2v) is 3.14. The van der Waals surface area contributed by atoms with Gasteiger partial charge in [0, 0.05) is 17.7 Å². The fourth-order valence-corrected chi connectivity index (χ4v) is 1.25. The van der Waals surface area contributed by atoms with E-state index in [2.05, 4.69) is 5.10 Å². The smallest absolute Gasteiger partial charge is 0.202 e. The highest BCUT2D eigenvalue weighted by molar-refractivity contribution is 5.90. The Morgan fingerprint density at radius 2 is 1.75 bits per heavy atom. The van der Waals surface area contributed by atoms with Crippen LogP contribution in [0.15, 0.2) is 60.0 Å². The molecule has 1 aromatic heterocycles. The molecule has 0 atom stereocenters. The third-order valence-electron chi connectivity index (χ3n) is 2.01. The normalized spacial score (nSPS) is 11.4. The van der Waals surface area contributed by atoms with Crippen molar-refractivity contribution < 1.29 is 14.2 Å². The van der Waals surface area contributed by atoms with Crippen molar-refractivity contribution in [2.45, 2.75) is 0 Å². The van der Waals surface area contributed by atoms with Crippen LogP contribution in [0.2, 0.25) is 0 Å². The monoisotopic (exact) mass is 216 g/mol. The molecular weight excluding hydrogens is 207 g/mol. The average molecular weight is 216 g/mol. The molecule has 0 aliphatic heterocycles. The molecule has 0 unspecified atom stereocenters. The lowest BCUT2D eigenvalue weighted by molar-refractivity contribution is -0.681. The first kappa shape index (κ1) is 10.3. The zero-order valence-electron chi connectivity index (χ0n) is 8.38. The molecule has 0 radical (unpaired) electrons. The maximum atomic E-state index is 13.3. The van der Waals surface area contributed by atoms with Crippen molar-refractivity contribution in [3.63, 3.8) is 0 Å². The number of rotatable bonds is 2. The highest BCUT2D eigenvalue weighted by Gasteiger charge is 2.02. The molecule has 4 heteroatoms. The molecule has 3 nitrogen and oxygen atoms in total. The highest BCUT2D eigenvalue weighted by atomic mass is 19.1. The van der Waals surface area contributed by atoms with Gasteiger partial charge < -0.3 is 5.11 Å². The van der Waals surface area contributed by atoms with Crippen molar-refractivity contribution in [1.29, 1.82) is 0 Å². The van der Waals surface area contributed by atoms with Crippen LogP contribution in [0.5, 0.6) is 0 Å². The Labute approximate surface area is 92.1 Å². The van der Waals surface area contributed by atoms with Gasteiger partial charge in [0.25, 0.3) is 0 Å². The van der Waals surface area contributed by atoms with Gasteiger partial charge in [0.2, 0.25) is 12.4 Å². The Hall–Kier alpha value is -2.23. The summed E-state index contributed by atoms with van der Waals surface area (Å²) in [5, 5.41) is 15.3. The summed E-state index contributed by atoms with van der Waals surface area (Å²) >= 11 is 0. The van der Waals surface area contributed by atoms with Crippen LogP contribution in [0.3, 0.4) is 0 Å². The van der Waals surface area contributed by atoms with E-state index < -0.39 is 11.7 Å². The SMILES string of the molecule is [O-]/C(=N\[n+]1ccccc1)c1ccccc1F. The minimum atomic E-state index is -0.602. The van der Waals surface area contributed by atoms with Gasteiger partial charge in [-0.2, -0.15) is 0 Å². The Balaban J connectivity index is 2.36. The van der Waals surface area contributed by atoms with Gasteiger partial charge in [-0.15, -0.1) is 0 Å². The Morgan fingerprint density at radius 1 is 1.06 bits per heavy atom. The number of pyridine rings is 1. The van der Waals surface area contributed by atoms with Gasteiger partial charge in [0.15, 0.2) is 0 Å². The largest absolute Gasteiger partial charge is 0.854 e. The first-order valence-electron chi connectivity index (χ1n) is 4.74. The summed E-state index contributed by atoms with van der Waals surface area (Å²) in [5.41, 5.74) is -0.0288. The zero-order chi connectivity index (χ0) is 11.4. The van der Waals surface area contributed by atoms with Crippen LogP contribution in [0.4, 0.5) is 4.39 Å². The molecule has 0 saturated heterocycles. The molecule has 0 spiro atoms. The highest BCUT2D eigenvalue weighted by Crippen LogP contribution is 2.04. The molecule has 0 amide bonds. The van der Waals surface area contributed by atoms with Gasteiger partial charge >= 0.3 is 0 Å². The minimum Gasteiger partial charge on any atom is -0.854 e. The van der Waals surface area contributed by atoms with Crippen LogP contribution in [0.25, 0.3) is 0 Å². The Morgan fingerprint density at radius 3 is 2.44 bits per heavy atom. The van der Waals surface area contributed by atoms with Crippen molar-refractivity contribution in [3.8, 4) is 0 Å². The molecule has 0 bridgehead atoms. The molecule has 80 valence electrons. The van der Waals surface area contributed by atoms with Gasteiger partial charge in [-0.05, 0) is 11.2 Å². The minimum absolute atomic E-state index is 0.0288. The van der Waals surface area contributed by atoms with Crippen LogP contribution >= 0.6 is 0 Å². The number of hydrogen-bond acceptors (Lipinski definition) is 2. The molecule has 0 fully saturated rings. The number of hydrogen-bond donors (Lipinski definition) is 0. The standard InChI is InChI=1S/C12H9FN2O/c13-11-7-3-2-6-10(11)12(16)14-15-8-4-1-5-9-15/h1-9H. The fraction of sp³-hybridized carbons (Fsp3) is 0. The second kappa shape index (κ2) is 4.53. The first-order chi connectivity index (χ1) is 7.77. The predicted molar refractivity (Wildman–Crippen MR) is 55.0 cm³/mol. The van der Waals surface area contributed by atoms with Gasteiger partial charge in [0.05, 0.1) is 5.90 Å². The van der Waals surface area contributed by atoms with Crippen LogP contribution in [-0.2, 0) is 0 Å². The lowest BCUT2D eigenvalue weighted by Gasteiger charge is -2.07. The first-order valence-corrected chi connectivity index (χ1v) is 4.74. The Bertz CT molecular complexity index is 511. The quantitative estimate of drug-likeness (QED) is 0.413. The van der Waals surface area contributed by atoms with Crippen molar-refractivity contribution >= 4 is 5.90 Å². The summed E-state index contributed by atoms with van der Waals surface area (Å²) in [6, 6.07) is 11.0. The lowest BCUT2D eigenvalue weighted by Crippen LogP contribution is -2.33. The zero-order valence-corrected chi connectivity index (χ0v) is 8.38. The topological polar surface area (TPSA) is 39.3 Å². The van der Waals surface area contributed by atoms with Gasteiger partial charge in [-0.1, -0.05) is 28.9 Å². The summed E-state index contributed by atoms with van der Waals surface area (Å²) in [5.74, 6) is -1.16. The Kier molecular flexibility index (Phi) is 2.91. The van der Waals surface area contributed by atoms with Crippen LogP contribution in [0.1, 0.15) is 5.56 Å². The maximum Gasteiger partial charge on any atom is 0.202 e. The third-order valence-corrected chi connectivity index (χ3v) is 2.01. The third kappa shape index (κ3) is 2.23. The van der Waals surface area contributed by atoms with E-state index in [0.717, 1.165) is 0 Å². The van der Waals surface area contributed by atoms with E-state index in [0.29, 0.717) is 0 Å². The molecular formula is C12H9FN2O. The molecule has 0 aliphatic rings. The summed E-state index contributed by atoms with van der Waals surface area (Å²) in [6.07, 6.45) is 3.22. The number of aromatic nitrogens is 1. The van der Waals surface area contributed by atoms with E-state index in [1.807, 2.05) is 0 Å². The van der Waals surface area contributed by atoms with Crippen LogP contribution in [-0.4, -0.2) is 5.90 Å². The van der Waals surface area contributed by atoms with Crippen LogP contribution < -0.4 is 9.78 Å². The van der Waals surface area contributed by atoms with E-state index >= 15 is 0 Å². The van der Waals surface area contributed by atoms with E-state index in [-0.39, 0.29) is 5.56 Å². The lowest BCUT2D eigenvalue weighted by atomic mass is 10.2. The summed E-state index contributed by atoms with van der Waals surface area (Å²) in [4.78, 5) is 0. The molecule has 1 aromatic carbocycles. The summed E-state index contributed by atoms with van der Waals surface area (Å²) in [7, 11) is 0. The molecule has 1 heterocycles. The predicted octanol–water partition coefficient (Wildman–Crippen LogP) is 0.683. The number of benzene rings is 1.